The summed E-state index contributed by atoms with van der Waals surface area (Å²) in [7, 11) is 0. The predicted octanol–water partition coefficient (Wildman–Crippen LogP) is 1.91. The second-order valence-corrected chi connectivity index (χ2v) is 5.46. The van der Waals surface area contributed by atoms with E-state index in [2.05, 4.69) is 5.32 Å². The van der Waals surface area contributed by atoms with Gasteiger partial charge in [-0.05, 0) is 31.4 Å². The van der Waals surface area contributed by atoms with Crippen LogP contribution in [0.2, 0.25) is 0 Å². The number of nitrogens with one attached hydrogen (secondary N) is 1. The van der Waals surface area contributed by atoms with Crippen molar-refractivity contribution in [3.63, 3.8) is 0 Å². The first-order valence-electron chi connectivity index (χ1n) is 7.15. The molecular weight excluding hydrogens is 278 g/mol. The van der Waals surface area contributed by atoms with Crippen LogP contribution in [0, 0.1) is 11.6 Å². The van der Waals surface area contributed by atoms with Gasteiger partial charge in [0, 0.05) is 18.5 Å². The molecule has 2 aliphatic rings. The highest BCUT2D eigenvalue weighted by atomic mass is 19.1. The first-order valence-corrected chi connectivity index (χ1v) is 7.15. The van der Waals surface area contributed by atoms with Crippen LogP contribution in [0.5, 0.6) is 0 Å². The van der Waals surface area contributed by atoms with Gasteiger partial charge in [-0.3, -0.25) is 9.59 Å². The van der Waals surface area contributed by atoms with E-state index >= 15 is 0 Å². The van der Waals surface area contributed by atoms with Gasteiger partial charge in [0.15, 0.2) is 0 Å². The number of amides is 2. The fourth-order valence-corrected chi connectivity index (χ4v) is 3.01. The molecule has 2 aliphatic heterocycles. The average Bonchev–Trinajstić information content (AvgIpc) is 2.80. The molecule has 0 aliphatic carbocycles. The van der Waals surface area contributed by atoms with E-state index in [1.165, 1.54) is 4.90 Å². The normalized spacial score (nSPS) is 21.7. The number of fused-ring (bicyclic) bond motifs is 1. The van der Waals surface area contributed by atoms with Crippen LogP contribution in [0.15, 0.2) is 12.1 Å². The summed E-state index contributed by atoms with van der Waals surface area (Å²) in [5, 5.41) is 2.67. The number of anilines is 1. The van der Waals surface area contributed by atoms with E-state index in [-0.39, 0.29) is 29.6 Å². The molecule has 0 radical (unpaired) electrons. The molecule has 1 atom stereocenters. The number of carbonyl (C=O) groups is 2. The van der Waals surface area contributed by atoms with Gasteiger partial charge in [-0.1, -0.05) is 6.42 Å². The Hall–Kier alpha value is -1.98. The highest BCUT2D eigenvalue weighted by Crippen LogP contribution is 2.33. The highest BCUT2D eigenvalue weighted by molar-refractivity contribution is 6.01. The maximum atomic E-state index is 14.0. The number of hydrogen-bond acceptors (Lipinski definition) is 2. The summed E-state index contributed by atoms with van der Waals surface area (Å²) in [6.45, 7) is 0.248. The Morgan fingerprint density at radius 1 is 1.19 bits per heavy atom. The van der Waals surface area contributed by atoms with Crippen molar-refractivity contribution >= 4 is 17.5 Å². The van der Waals surface area contributed by atoms with Crippen molar-refractivity contribution in [3.8, 4) is 0 Å². The summed E-state index contributed by atoms with van der Waals surface area (Å²) < 4.78 is 27.7. The van der Waals surface area contributed by atoms with E-state index in [0.717, 1.165) is 25.0 Å². The lowest BCUT2D eigenvalue weighted by Crippen LogP contribution is -2.47. The van der Waals surface area contributed by atoms with Gasteiger partial charge in [0.05, 0.1) is 5.69 Å². The zero-order valence-electron chi connectivity index (χ0n) is 11.5. The van der Waals surface area contributed by atoms with Crippen LogP contribution in [0.25, 0.3) is 0 Å². The molecule has 0 aromatic heterocycles. The Morgan fingerprint density at radius 3 is 2.76 bits per heavy atom. The van der Waals surface area contributed by atoms with Gasteiger partial charge < -0.3 is 10.2 Å². The third-order valence-electron chi connectivity index (χ3n) is 4.08. The van der Waals surface area contributed by atoms with Crippen molar-refractivity contribution in [2.45, 2.75) is 38.1 Å². The third kappa shape index (κ3) is 2.50. The summed E-state index contributed by atoms with van der Waals surface area (Å²) in [6.07, 6.45) is 2.75. The molecule has 112 valence electrons. The number of halogens is 2. The van der Waals surface area contributed by atoms with Gasteiger partial charge in [-0.15, -0.1) is 0 Å². The van der Waals surface area contributed by atoms with Crippen LogP contribution in [-0.4, -0.2) is 24.4 Å². The molecule has 1 N–H and O–H groups in total. The number of hydrogen-bond donors (Lipinski definition) is 1. The van der Waals surface area contributed by atoms with E-state index in [9.17, 15) is 18.4 Å². The first-order chi connectivity index (χ1) is 10.1. The number of nitrogens with zero attached hydrogens (tertiary/aromatic N) is 1. The van der Waals surface area contributed by atoms with Crippen LogP contribution >= 0.6 is 0 Å². The van der Waals surface area contributed by atoms with Crippen LogP contribution in [0.1, 0.15) is 31.2 Å². The van der Waals surface area contributed by atoms with E-state index < -0.39 is 17.7 Å². The maximum absolute atomic E-state index is 14.0. The molecule has 2 amide bonds. The quantitative estimate of drug-likeness (QED) is 0.860. The summed E-state index contributed by atoms with van der Waals surface area (Å²) in [5.74, 6) is -1.61. The Morgan fingerprint density at radius 2 is 1.95 bits per heavy atom. The lowest BCUT2D eigenvalue weighted by molar-refractivity contribution is -0.127. The fraction of sp³-hybridized carbons (Fsp3) is 0.467. The van der Waals surface area contributed by atoms with Crippen molar-refractivity contribution in [2.75, 3.05) is 11.4 Å². The molecule has 1 aromatic carbocycles. The van der Waals surface area contributed by atoms with Gasteiger partial charge >= 0.3 is 0 Å². The number of benzene rings is 1. The summed E-state index contributed by atoms with van der Waals surface area (Å²) in [6, 6.07) is 1.47. The van der Waals surface area contributed by atoms with E-state index in [4.69, 9.17) is 0 Å². The van der Waals surface area contributed by atoms with Crippen molar-refractivity contribution in [2.24, 2.45) is 0 Å². The SMILES string of the molecule is O=C1CCCC[C@H](C(=O)N2CCc3c(F)ccc(F)c32)N1. The molecule has 0 spiro atoms. The van der Waals surface area contributed by atoms with Crippen LogP contribution < -0.4 is 10.2 Å². The zero-order chi connectivity index (χ0) is 15.0. The van der Waals surface area contributed by atoms with Crippen LogP contribution in [0.4, 0.5) is 14.5 Å². The van der Waals surface area contributed by atoms with Crippen molar-refractivity contribution in [3.05, 3.63) is 29.3 Å². The standard InChI is InChI=1S/C15H16F2N2O2/c16-10-5-6-11(17)14-9(10)7-8-19(14)15(21)12-3-1-2-4-13(20)18-12/h5-6,12H,1-4,7-8H2,(H,18,20)/t12-/m1/s1. The second-order valence-electron chi connectivity index (χ2n) is 5.46. The van der Waals surface area contributed by atoms with Crippen LogP contribution in [-0.2, 0) is 16.0 Å². The monoisotopic (exact) mass is 294 g/mol. The molecule has 1 saturated heterocycles. The lowest BCUT2D eigenvalue weighted by atomic mass is 10.1. The molecule has 3 rings (SSSR count). The molecule has 1 aromatic rings. The smallest absolute Gasteiger partial charge is 0.249 e. The van der Waals surface area contributed by atoms with Gasteiger partial charge in [-0.25, -0.2) is 8.78 Å². The maximum Gasteiger partial charge on any atom is 0.249 e. The molecule has 0 saturated carbocycles. The minimum Gasteiger partial charge on any atom is -0.344 e. The Labute approximate surface area is 121 Å². The number of carbonyl (C=O) groups excluding carboxylic acids is 2. The van der Waals surface area contributed by atoms with E-state index in [1.807, 2.05) is 0 Å². The molecule has 2 heterocycles. The zero-order valence-corrected chi connectivity index (χ0v) is 11.5. The number of rotatable bonds is 1. The Bertz CT molecular complexity index is 604. The minimum absolute atomic E-state index is 0.0264. The molecule has 21 heavy (non-hydrogen) atoms. The van der Waals surface area contributed by atoms with Gasteiger partial charge in [0.1, 0.15) is 17.7 Å². The van der Waals surface area contributed by atoms with Crippen molar-refractivity contribution in [1.29, 1.82) is 0 Å². The summed E-state index contributed by atoms with van der Waals surface area (Å²) in [4.78, 5) is 25.4. The first kappa shape index (κ1) is 14.0. The summed E-state index contributed by atoms with van der Waals surface area (Å²) >= 11 is 0. The van der Waals surface area contributed by atoms with Gasteiger partial charge in [0.25, 0.3) is 0 Å². The largest absolute Gasteiger partial charge is 0.344 e. The van der Waals surface area contributed by atoms with Gasteiger partial charge in [-0.2, -0.15) is 0 Å². The fourth-order valence-electron chi connectivity index (χ4n) is 3.01. The molecule has 4 nitrogen and oxygen atoms in total. The van der Waals surface area contributed by atoms with E-state index in [1.54, 1.807) is 0 Å². The second kappa shape index (κ2) is 5.42. The average molecular weight is 294 g/mol. The van der Waals surface area contributed by atoms with Gasteiger partial charge in [0.2, 0.25) is 11.8 Å². The molecule has 6 heteroatoms. The molecule has 0 unspecified atom stereocenters. The molecule has 1 fully saturated rings. The third-order valence-corrected chi connectivity index (χ3v) is 4.08. The molecular formula is C15H16F2N2O2. The molecule has 0 bridgehead atoms. The van der Waals surface area contributed by atoms with Crippen LogP contribution in [0.3, 0.4) is 0 Å². The Balaban J connectivity index is 1.88. The van der Waals surface area contributed by atoms with Crippen molar-refractivity contribution in [1.82, 2.24) is 5.32 Å². The highest BCUT2D eigenvalue weighted by Gasteiger charge is 2.34. The Kier molecular flexibility index (Phi) is 3.61. The van der Waals surface area contributed by atoms with E-state index in [0.29, 0.717) is 19.3 Å². The topological polar surface area (TPSA) is 49.4 Å². The lowest BCUT2D eigenvalue weighted by Gasteiger charge is -2.24. The summed E-state index contributed by atoms with van der Waals surface area (Å²) in [5.41, 5.74) is 0.266. The minimum atomic E-state index is -0.645. The predicted molar refractivity (Wildman–Crippen MR) is 72.8 cm³/mol. The van der Waals surface area contributed by atoms with Crippen molar-refractivity contribution < 1.29 is 18.4 Å².